The molecule has 0 saturated carbocycles. The Hall–Kier alpha value is -4.46. The normalized spacial score (nSPS) is 11.0. The molecule has 0 aliphatic carbocycles. The van der Waals surface area contributed by atoms with Crippen molar-refractivity contribution in [3.05, 3.63) is 84.0 Å². The number of nitrogens with one attached hydrogen (secondary N) is 1. The van der Waals surface area contributed by atoms with Gasteiger partial charge in [0.1, 0.15) is 23.6 Å². The lowest BCUT2D eigenvalue weighted by Crippen LogP contribution is -2.12. The summed E-state index contributed by atoms with van der Waals surface area (Å²) in [6.45, 7) is 2.09. The highest BCUT2D eigenvalue weighted by Gasteiger charge is 2.19. The van der Waals surface area contributed by atoms with Crippen molar-refractivity contribution in [3.63, 3.8) is 0 Å². The van der Waals surface area contributed by atoms with Crippen molar-refractivity contribution in [2.24, 2.45) is 0 Å². The third-order valence-electron chi connectivity index (χ3n) is 5.56. The molecular formula is C26H23N3O5. The van der Waals surface area contributed by atoms with E-state index >= 15 is 0 Å². The molecule has 8 nitrogen and oxygen atoms in total. The quantitative estimate of drug-likeness (QED) is 0.360. The zero-order valence-corrected chi connectivity index (χ0v) is 19.0. The summed E-state index contributed by atoms with van der Waals surface area (Å²) < 4.78 is 24.4. The summed E-state index contributed by atoms with van der Waals surface area (Å²) in [4.78, 5) is 17.5. The Morgan fingerprint density at radius 3 is 2.74 bits per heavy atom. The summed E-state index contributed by atoms with van der Waals surface area (Å²) in [5, 5.41) is 3.71. The first-order valence-corrected chi connectivity index (χ1v) is 10.7. The molecule has 1 N–H and O–H groups in total. The highest BCUT2D eigenvalue weighted by molar-refractivity contribution is 6.06. The van der Waals surface area contributed by atoms with Crippen LogP contribution in [-0.4, -0.2) is 29.5 Å². The van der Waals surface area contributed by atoms with E-state index in [0.29, 0.717) is 28.5 Å². The Morgan fingerprint density at radius 1 is 1.06 bits per heavy atom. The molecule has 34 heavy (non-hydrogen) atoms. The number of ether oxygens (including phenoxy) is 3. The predicted octanol–water partition coefficient (Wildman–Crippen LogP) is 5.24. The maximum absolute atomic E-state index is 13.0. The number of imidazole rings is 1. The fourth-order valence-electron chi connectivity index (χ4n) is 3.81. The molecule has 172 valence electrons. The number of carbonyl (C=O) groups is 1. The number of aryl methyl sites for hydroxylation is 1. The molecule has 2 aromatic carbocycles. The van der Waals surface area contributed by atoms with Gasteiger partial charge >= 0.3 is 0 Å². The van der Waals surface area contributed by atoms with Gasteiger partial charge < -0.3 is 28.3 Å². The van der Waals surface area contributed by atoms with Crippen LogP contribution in [0.25, 0.3) is 16.6 Å². The fraction of sp³-hybridized carbons (Fsp3) is 0.154. The van der Waals surface area contributed by atoms with Crippen molar-refractivity contribution < 1.29 is 23.4 Å². The highest BCUT2D eigenvalue weighted by atomic mass is 16.5. The van der Waals surface area contributed by atoms with Crippen LogP contribution in [0.5, 0.6) is 17.2 Å². The lowest BCUT2D eigenvalue weighted by Gasteiger charge is -2.12. The lowest BCUT2D eigenvalue weighted by atomic mass is 10.1. The third-order valence-corrected chi connectivity index (χ3v) is 5.56. The first-order valence-electron chi connectivity index (χ1n) is 10.7. The van der Waals surface area contributed by atoms with Crippen LogP contribution < -0.4 is 19.5 Å². The van der Waals surface area contributed by atoms with Crippen molar-refractivity contribution in [2.45, 2.75) is 13.5 Å². The molecule has 3 heterocycles. The summed E-state index contributed by atoms with van der Waals surface area (Å²) in [6, 6.07) is 16.4. The number of nitrogens with zero attached hydrogens (tertiary/aromatic N) is 2. The second kappa shape index (κ2) is 8.82. The van der Waals surface area contributed by atoms with Crippen molar-refractivity contribution >= 4 is 28.2 Å². The Labute approximate surface area is 195 Å². The fourth-order valence-corrected chi connectivity index (χ4v) is 3.81. The maximum Gasteiger partial charge on any atom is 0.291 e. The molecule has 3 aromatic heterocycles. The third kappa shape index (κ3) is 4.01. The number of carbonyl (C=O) groups excluding carboxylic acids is 1. The average molecular weight is 457 g/mol. The lowest BCUT2D eigenvalue weighted by molar-refractivity contribution is 0.0998. The number of hydrogen-bond donors (Lipinski definition) is 1. The molecule has 0 aliphatic heterocycles. The molecule has 8 heteroatoms. The topological polar surface area (TPSA) is 87.2 Å². The van der Waals surface area contributed by atoms with Gasteiger partial charge in [0.05, 0.1) is 19.9 Å². The molecule has 0 spiro atoms. The van der Waals surface area contributed by atoms with Gasteiger partial charge in [-0.2, -0.15) is 0 Å². The number of furan rings is 1. The predicted molar refractivity (Wildman–Crippen MR) is 128 cm³/mol. The van der Waals surface area contributed by atoms with Gasteiger partial charge in [0.2, 0.25) is 0 Å². The average Bonchev–Trinajstić information content (AvgIpc) is 3.43. The summed E-state index contributed by atoms with van der Waals surface area (Å²) in [7, 11) is 3.17. The van der Waals surface area contributed by atoms with E-state index in [4.69, 9.17) is 18.6 Å². The Kier molecular flexibility index (Phi) is 5.55. The zero-order chi connectivity index (χ0) is 23.7. The van der Waals surface area contributed by atoms with Gasteiger partial charge in [-0.25, -0.2) is 4.98 Å². The van der Waals surface area contributed by atoms with E-state index in [-0.39, 0.29) is 18.3 Å². The number of hydrogen-bond acceptors (Lipinski definition) is 6. The van der Waals surface area contributed by atoms with Gasteiger partial charge in [-0.15, -0.1) is 0 Å². The zero-order valence-electron chi connectivity index (χ0n) is 19.0. The Morgan fingerprint density at radius 2 is 1.94 bits per heavy atom. The van der Waals surface area contributed by atoms with E-state index in [2.05, 4.69) is 10.3 Å². The first-order chi connectivity index (χ1) is 16.6. The molecule has 5 rings (SSSR count). The number of pyridine rings is 1. The number of aromatic nitrogens is 2. The Bertz CT molecular complexity index is 1470. The number of amides is 1. The first kappa shape index (κ1) is 21.4. The van der Waals surface area contributed by atoms with Gasteiger partial charge in [-0.3, -0.25) is 4.79 Å². The van der Waals surface area contributed by atoms with Crippen molar-refractivity contribution in [1.82, 2.24) is 9.38 Å². The van der Waals surface area contributed by atoms with Gasteiger partial charge in [-0.05, 0) is 49.4 Å². The van der Waals surface area contributed by atoms with Gasteiger partial charge in [0.25, 0.3) is 5.91 Å². The number of benzene rings is 2. The monoisotopic (exact) mass is 457 g/mol. The molecular weight excluding hydrogens is 434 g/mol. The van der Waals surface area contributed by atoms with E-state index in [9.17, 15) is 4.79 Å². The Balaban J connectivity index is 1.36. The minimum atomic E-state index is -0.357. The minimum absolute atomic E-state index is 0.242. The van der Waals surface area contributed by atoms with E-state index in [1.165, 1.54) is 0 Å². The second-order valence-corrected chi connectivity index (χ2v) is 7.73. The van der Waals surface area contributed by atoms with Crippen molar-refractivity contribution in [1.29, 1.82) is 0 Å². The van der Waals surface area contributed by atoms with Crippen molar-refractivity contribution in [2.75, 3.05) is 19.5 Å². The molecule has 0 bridgehead atoms. The van der Waals surface area contributed by atoms with E-state index in [0.717, 1.165) is 22.3 Å². The molecule has 0 atom stereocenters. The molecule has 0 unspecified atom stereocenters. The summed E-state index contributed by atoms with van der Waals surface area (Å²) in [5.41, 5.74) is 3.52. The highest BCUT2D eigenvalue weighted by Crippen LogP contribution is 2.32. The molecule has 1 amide bonds. The number of fused-ring (bicyclic) bond motifs is 2. The summed E-state index contributed by atoms with van der Waals surface area (Å²) in [5.74, 6) is 1.62. The largest absolute Gasteiger partial charge is 0.497 e. The number of rotatable bonds is 7. The van der Waals surface area contributed by atoms with Crippen LogP contribution >= 0.6 is 0 Å². The summed E-state index contributed by atoms with van der Waals surface area (Å²) >= 11 is 0. The second-order valence-electron chi connectivity index (χ2n) is 7.73. The standard InChI is InChI=1S/C26H23N3O5/c1-16-20-13-19(31-2)8-10-21(20)34-25(16)26(30)28-17-7-9-22(32-3)23(12-17)33-15-18-14-29-11-5-4-6-24(29)27-18/h4-14H,15H2,1-3H3,(H,28,30). The molecule has 0 aliphatic rings. The minimum Gasteiger partial charge on any atom is -0.497 e. The number of anilines is 1. The van der Waals surface area contributed by atoms with E-state index < -0.39 is 0 Å². The van der Waals surface area contributed by atoms with Crippen molar-refractivity contribution in [3.8, 4) is 17.2 Å². The van der Waals surface area contributed by atoms with E-state index in [1.54, 1.807) is 44.6 Å². The van der Waals surface area contributed by atoms with Gasteiger partial charge in [-0.1, -0.05) is 6.07 Å². The van der Waals surface area contributed by atoms with Crippen LogP contribution in [-0.2, 0) is 6.61 Å². The van der Waals surface area contributed by atoms with E-state index in [1.807, 2.05) is 48.0 Å². The van der Waals surface area contributed by atoms with Gasteiger partial charge in [0, 0.05) is 35.1 Å². The molecule has 0 radical (unpaired) electrons. The maximum atomic E-state index is 13.0. The number of methoxy groups -OCH3 is 2. The molecule has 5 aromatic rings. The molecule has 0 fully saturated rings. The summed E-state index contributed by atoms with van der Waals surface area (Å²) in [6.07, 6.45) is 3.84. The van der Waals surface area contributed by atoms with Crippen LogP contribution in [0.1, 0.15) is 21.8 Å². The van der Waals surface area contributed by atoms with Crippen LogP contribution in [0.2, 0.25) is 0 Å². The SMILES string of the molecule is COc1ccc2oc(C(=O)Nc3ccc(OC)c(OCc4cn5ccccc5n4)c3)c(C)c2c1. The van der Waals surface area contributed by atoms with Crippen LogP contribution in [0, 0.1) is 6.92 Å². The van der Waals surface area contributed by atoms with Crippen LogP contribution in [0.15, 0.2) is 71.4 Å². The molecule has 0 saturated heterocycles. The smallest absolute Gasteiger partial charge is 0.291 e. The van der Waals surface area contributed by atoms with Crippen LogP contribution in [0.3, 0.4) is 0 Å². The van der Waals surface area contributed by atoms with Gasteiger partial charge in [0.15, 0.2) is 17.3 Å². The van der Waals surface area contributed by atoms with Crippen LogP contribution in [0.4, 0.5) is 5.69 Å².